The van der Waals surface area contributed by atoms with Crippen molar-refractivity contribution >= 4 is 33.2 Å². The quantitative estimate of drug-likeness (QED) is 0.782. The van der Waals surface area contributed by atoms with E-state index in [1.165, 1.54) is 10.4 Å². The molecule has 0 N–H and O–H groups in total. The van der Waals surface area contributed by atoms with Crippen LogP contribution in [-0.4, -0.2) is 17.9 Å². The molecule has 0 unspecified atom stereocenters. The molecule has 110 valence electrons. The van der Waals surface area contributed by atoms with Crippen LogP contribution in [0.1, 0.15) is 28.8 Å². The van der Waals surface area contributed by atoms with Crippen molar-refractivity contribution in [1.29, 1.82) is 0 Å². The van der Waals surface area contributed by atoms with Crippen LogP contribution in [0.4, 0.5) is 0 Å². The number of carbonyl (C=O) groups excluding carboxylic acids is 1. The first kappa shape index (κ1) is 14.8. The number of amides is 1. The van der Waals surface area contributed by atoms with E-state index >= 15 is 0 Å². The topological polar surface area (TPSA) is 20.3 Å². The monoisotopic (exact) mass is 363 g/mol. The van der Waals surface area contributed by atoms with Crippen molar-refractivity contribution in [2.24, 2.45) is 0 Å². The summed E-state index contributed by atoms with van der Waals surface area (Å²) in [7, 11) is 1.92. The van der Waals surface area contributed by atoms with Gasteiger partial charge in [0.25, 0.3) is 0 Å². The maximum atomic E-state index is 12.9. The highest BCUT2D eigenvalue weighted by Crippen LogP contribution is 2.49. The minimum atomic E-state index is -0.277. The van der Waals surface area contributed by atoms with Crippen LogP contribution < -0.4 is 0 Å². The van der Waals surface area contributed by atoms with Gasteiger partial charge in [0, 0.05) is 16.4 Å². The van der Waals surface area contributed by atoms with Crippen molar-refractivity contribution in [2.45, 2.75) is 31.7 Å². The number of hydrogen-bond acceptors (Lipinski definition) is 2. The van der Waals surface area contributed by atoms with Crippen LogP contribution in [0.3, 0.4) is 0 Å². The first-order valence-corrected chi connectivity index (χ1v) is 8.75. The molecule has 0 radical (unpaired) electrons. The van der Waals surface area contributed by atoms with E-state index < -0.39 is 0 Å². The van der Waals surface area contributed by atoms with Gasteiger partial charge in [0.05, 0.1) is 12.0 Å². The molecule has 0 bridgehead atoms. The highest BCUT2D eigenvalue weighted by Gasteiger charge is 2.52. The molecule has 0 atom stereocenters. The summed E-state index contributed by atoms with van der Waals surface area (Å²) in [6.45, 7) is 2.81. The first-order valence-electron chi connectivity index (χ1n) is 7.07. The van der Waals surface area contributed by atoms with Gasteiger partial charge >= 0.3 is 0 Å². The van der Waals surface area contributed by atoms with E-state index in [1.807, 2.05) is 24.1 Å². The van der Waals surface area contributed by atoms with Gasteiger partial charge in [-0.2, -0.15) is 0 Å². The highest BCUT2D eigenvalue weighted by atomic mass is 79.9. The number of aryl methyl sites for hydroxylation is 1. The first-order chi connectivity index (χ1) is 10.0. The number of halogens is 1. The van der Waals surface area contributed by atoms with Crippen LogP contribution in [0.25, 0.3) is 0 Å². The lowest BCUT2D eigenvalue weighted by Gasteiger charge is -2.24. The van der Waals surface area contributed by atoms with Crippen LogP contribution in [0.5, 0.6) is 0 Å². The Hall–Kier alpha value is -1.13. The van der Waals surface area contributed by atoms with Gasteiger partial charge in [-0.1, -0.05) is 28.1 Å². The second-order valence-corrected chi connectivity index (χ2v) is 7.69. The van der Waals surface area contributed by atoms with E-state index in [2.05, 4.69) is 46.4 Å². The Labute approximate surface area is 137 Å². The predicted molar refractivity (Wildman–Crippen MR) is 90.6 cm³/mol. The fourth-order valence-electron chi connectivity index (χ4n) is 2.74. The van der Waals surface area contributed by atoms with Crippen LogP contribution in [0.15, 0.2) is 40.2 Å². The Morgan fingerprint density at radius 1 is 1.29 bits per heavy atom. The lowest BCUT2D eigenvalue weighted by Crippen LogP contribution is -2.36. The molecule has 0 aliphatic heterocycles. The Balaban J connectivity index is 1.78. The van der Waals surface area contributed by atoms with Crippen LogP contribution in [0, 0.1) is 6.92 Å². The second kappa shape index (κ2) is 5.58. The molecule has 21 heavy (non-hydrogen) atoms. The molecular weight excluding hydrogens is 346 g/mol. The fourth-order valence-corrected chi connectivity index (χ4v) is 3.96. The number of likely N-dealkylation sites (N-methyl/N-ethyl adjacent to an activating group) is 1. The van der Waals surface area contributed by atoms with Crippen LogP contribution in [0.2, 0.25) is 0 Å². The molecule has 1 heterocycles. The molecule has 2 nitrogen and oxygen atoms in total. The zero-order valence-electron chi connectivity index (χ0n) is 12.2. The number of nitrogens with zero attached hydrogens (tertiary/aromatic N) is 1. The Morgan fingerprint density at radius 3 is 2.48 bits per heavy atom. The Morgan fingerprint density at radius 2 is 1.95 bits per heavy atom. The molecule has 4 heteroatoms. The summed E-state index contributed by atoms with van der Waals surface area (Å²) in [6.07, 6.45) is 1.92. The minimum absolute atomic E-state index is 0.248. The highest BCUT2D eigenvalue weighted by molar-refractivity contribution is 9.10. The van der Waals surface area contributed by atoms with Gasteiger partial charge in [-0.3, -0.25) is 4.79 Å². The van der Waals surface area contributed by atoms with Crippen LogP contribution >= 0.6 is 27.3 Å². The van der Waals surface area contributed by atoms with Gasteiger partial charge in [0.1, 0.15) is 0 Å². The molecule has 1 amide bonds. The Bertz CT molecular complexity index is 658. The number of thiophene rings is 1. The van der Waals surface area contributed by atoms with Gasteiger partial charge in [0.15, 0.2) is 0 Å². The van der Waals surface area contributed by atoms with Crippen LogP contribution in [-0.2, 0) is 16.8 Å². The number of hydrogen-bond donors (Lipinski definition) is 0. The predicted octanol–water partition coefficient (Wildman–Crippen LogP) is 4.51. The average Bonchev–Trinajstić information content (AvgIpc) is 3.19. The maximum Gasteiger partial charge on any atom is 0.233 e. The molecule has 1 aliphatic carbocycles. The smallest absolute Gasteiger partial charge is 0.233 e. The third-order valence-electron chi connectivity index (χ3n) is 4.25. The average molecular weight is 364 g/mol. The molecule has 1 aliphatic rings. The zero-order chi connectivity index (χ0) is 15.0. The van der Waals surface area contributed by atoms with E-state index in [-0.39, 0.29) is 11.3 Å². The SMILES string of the molecule is Cc1ccsc1CN(C)C(=O)C1(c2ccc(Br)cc2)CC1. The fraction of sp³-hybridized carbons (Fsp3) is 0.353. The van der Waals surface area contributed by atoms with Gasteiger partial charge < -0.3 is 4.90 Å². The normalized spacial score (nSPS) is 15.8. The molecule has 3 rings (SSSR count). The summed E-state index contributed by atoms with van der Waals surface area (Å²) in [4.78, 5) is 16.0. The van der Waals surface area contributed by atoms with Crippen molar-refractivity contribution < 1.29 is 4.79 Å². The number of benzene rings is 1. The summed E-state index contributed by atoms with van der Waals surface area (Å²) in [5.74, 6) is 0.248. The van der Waals surface area contributed by atoms with Gasteiger partial charge in [-0.05, 0) is 54.5 Å². The van der Waals surface area contributed by atoms with Gasteiger partial charge in [0.2, 0.25) is 5.91 Å². The third kappa shape index (κ3) is 2.79. The molecule has 1 aromatic heterocycles. The standard InChI is InChI=1S/C17H18BrNOS/c1-12-7-10-21-15(12)11-19(2)16(20)17(8-9-17)13-3-5-14(18)6-4-13/h3-7,10H,8-9,11H2,1-2H3. The molecule has 0 saturated heterocycles. The zero-order valence-corrected chi connectivity index (χ0v) is 14.6. The van der Waals surface area contributed by atoms with E-state index in [0.717, 1.165) is 22.9 Å². The molecule has 1 saturated carbocycles. The molecule has 2 aromatic rings. The van der Waals surface area contributed by atoms with Crippen molar-refractivity contribution in [3.63, 3.8) is 0 Å². The second-order valence-electron chi connectivity index (χ2n) is 5.78. The lowest BCUT2D eigenvalue weighted by atomic mass is 9.94. The van der Waals surface area contributed by atoms with E-state index in [0.29, 0.717) is 6.54 Å². The molecule has 1 aromatic carbocycles. The minimum Gasteiger partial charge on any atom is -0.340 e. The van der Waals surface area contributed by atoms with Crippen molar-refractivity contribution in [2.75, 3.05) is 7.05 Å². The van der Waals surface area contributed by atoms with E-state index in [4.69, 9.17) is 0 Å². The Kier molecular flexibility index (Phi) is 3.93. The van der Waals surface area contributed by atoms with E-state index in [1.54, 1.807) is 11.3 Å². The summed E-state index contributed by atoms with van der Waals surface area (Å²) in [5.41, 5.74) is 2.14. The molecule has 1 fully saturated rings. The van der Waals surface area contributed by atoms with E-state index in [9.17, 15) is 4.79 Å². The maximum absolute atomic E-state index is 12.9. The van der Waals surface area contributed by atoms with Crippen molar-refractivity contribution in [1.82, 2.24) is 4.90 Å². The number of carbonyl (C=O) groups is 1. The molecular formula is C17H18BrNOS. The van der Waals surface area contributed by atoms with Gasteiger partial charge in [-0.25, -0.2) is 0 Å². The number of rotatable bonds is 4. The molecule has 0 spiro atoms. The third-order valence-corrected chi connectivity index (χ3v) is 5.79. The van der Waals surface area contributed by atoms with Crippen molar-refractivity contribution in [3.8, 4) is 0 Å². The summed E-state index contributed by atoms with van der Waals surface area (Å²) >= 11 is 5.18. The van der Waals surface area contributed by atoms with Gasteiger partial charge in [-0.15, -0.1) is 11.3 Å². The largest absolute Gasteiger partial charge is 0.340 e. The lowest BCUT2D eigenvalue weighted by molar-refractivity contribution is -0.133. The summed E-state index contributed by atoms with van der Waals surface area (Å²) < 4.78 is 1.05. The summed E-state index contributed by atoms with van der Waals surface area (Å²) in [5, 5.41) is 2.09. The summed E-state index contributed by atoms with van der Waals surface area (Å²) in [6, 6.07) is 10.3. The van der Waals surface area contributed by atoms with Crippen molar-refractivity contribution in [3.05, 3.63) is 56.2 Å².